The molecule has 0 spiro atoms. The second kappa shape index (κ2) is 5.43. The largest absolute Gasteiger partial charge is 0.396 e. The lowest BCUT2D eigenvalue weighted by Gasteiger charge is -2.33. The maximum absolute atomic E-state index is 9.78. The number of ether oxygens (including phenoxy) is 1. The van der Waals surface area contributed by atoms with E-state index >= 15 is 0 Å². The Morgan fingerprint density at radius 2 is 1.94 bits per heavy atom. The Morgan fingerprint density at radius 1 is 1.19 bits per heavy atom. The second-order valence-electron chi connectivity index (χ2n) is 4.29. The third kappa shape index (κ3) is 2.82. The zero-order chi connectivity index (χ0) is 11.4. The molecular formula is C13H18O3. The third-order valence-electron chi connectivity index (χ3n) is 3.00. The van der Waals surface area contributed by atoms with E-state index in [4.69, 9.17) is 9.84 Å². The fraction of sp³-hybridized carbons (Fsp3) is 0.538. The van der Waals surface area contributed by atoms with Crippen LogP contribution in [0.2, 0.25) is 0 Å². The average molecular weight is 222 g/mol. The Bertz CT molecular complexity index is 312. The van der Waals surface area contributed by atoms with Crippen LogP contribution < -0.4 is 0 Å². The molecule has 1 aliphatic heterocycles. The molecule has 0 unspecified atom stereocenters. The molecule has 0 radical (unpaired) electrons. The summed E-state index contributed by atoms with van der Waals surface area (Å²) in [5, 5.41) is 18.7. The molecular weight excluding hydrogens is 204 g/mol. The molecule has 1 aromatic rings. The first-order valence-electron chi connectivity index (χ1n) is 5.79. The van der Waals surface area contributed by atoms with Gasteiger partial charge in [-0.05, 0) is 18.4 Å². The molecule has 0 aromatic heterocycles. The molecule has 2 rings (SSSR count). The highest BCUT2D eigenvalue weighted by atomic mass is 16.5. The molecule has 1 saturated heterocycles. The lowest BCUT2D eigenvalue weighted by Crippen LogP contribution is -2.31. The summed E-state index contributed by atoms with van der Waals surface area (Å²) in [6.45, 7) is 0.110. The minimum atomic E-state index is -0.324. The highest BCUT2D eigenvalue weighted by Crippen LogP contribution is 2.32. The maximum atomic E-state index is 9.78. The van der Waals surface area contributed by atoms with Crippen molar-refractivity contribution in [1.82, 2.24) is 0 Å². The van der Waals surface area contributed by atoms with Crippen molar-refractivity contribution in [1.29, 1.82) is 0 Å². The first kappa shape index (κ1) is 11.6. The monoisotopic (exact) mass is 222 g/mol. The smallest absolute Gasteiger partial charge is 0.0853 e. The van der Waals surface area contributed by atoms with Crippen molar-refractivity contribution >= 4 is 0 Å². The predicted molar refractivity (Wildman–Crippen MR) is 61.0 cm³/mol. The van der Waals surface area contributed by atoms with Gasteiger partial charge in [-0.2, -0.15) is 0 Å². The zero-order valence-electron chi connectivity index (χ0n) is 9.25. The van der Waals surface area contributed by atoms with Gasteiger partial charge in [-0.1, -0.05) is 30.3 Å². The van der Waals surface area contributed by atoms with Gasteiger partial charge in [-0.3, -0.25) is 0 Å². The molecule has 0 aliphatic carbocycles. The molecule has 0 saturated carbocycles. The van der Waals surface area contributed by atoms with Gasteiger partial charge in [-0.15, -0.1) is 0 Å². The molecule has 2 N–H and O–H groups in total. The maximum Gasteiger partial charge on any atom is 0.0853 e. The van der Waals surface area contributed by atoms with Gasteiger partial charge in [0.2, 0.25) is 0 Å². The van der Waals surface area contributed by atoms with E-state index in [1.165, 1.54) is 0 Å². The summed E-state index contributed by atoms with van der Waals surface area (Å²) in [5.41, 5.74) is 1.10. The minimum absolute atomic E-state index is 0.0287. The Hall–Kier alpha value is -0.900. The Balaban J connectivity index is 2.04. The summed E-state index contributed by atoms with van der Waals surface area (Å²) >= 11 is 0. The van der Waals surface area contributed by atoms with Crippen LogP contribution in [0.25, 0.3) is 0 Å². The first-order chi connectivity index (χ1) is 7.79. The van der Waals surface area contributed by atoms with Gasteiger partial charge >= 0.3 is 0 Å². The van der Waals surface area contributed by atoms with Gasteiger partial charge in [0.25, 0.3) is 0 Å². The van der Waals surface area contributed by atoms with Gasteiger partial charge in [0, 0.05) is 13.0 Å². The molecule has 1 fully saturated rings. The van der Waals surface area contributed by atoms with Crippen LogP contribution in [0.15, 0.2) is 30.3 Å². The number of hydrogen-bond acceptors (Lipinski definition) is 3. The van der Waals surface area contributed by atoms with E-state index in [-0.39, 0.29) is 24.9 Å². The summed E-state index contributed by atoms with van der Waals surface area (Å²) in [7, 11) is 0. The molecule has 1 aromatic carbocycles. The van der Waals surface area contributed by atoms with Crippen molar-refractivity contribution in [3.63, 3.8) is 0 Å². The lowest BCUT2D eigenvalue weighted by molar-refractivity contribution is -0.103. The number of aliphatic hydroxyl groups is 2. The van der Waals surface area contributed by atoms with Gasteiger partial charge in [0.05, 0.1) is 18.3 Å². The molecule has 88 valence electrons. The van der Waals surface area contributed by atoms with E-state index in [1.54, 1.807) is 0 Å². The van der Waals surface area contributed by atoms with Gasteiger partial charge in [0.1, 0.15) is 0 Å². The molecule has 3 atom stereocenters. The summed E-state index contributed by atoms with van der Waals surface area (Å²) in [5.74, 6) is 0. The third-order valence-corrected chi connectivity index (χ3v) is 3.00. The van der Waals surface area contributed by atoms with E-state index in [2.05, 4.69) is 0 Å². The van der Waals surface area contributed by atoms with Crippen molar-refractivity contribution < 1.29 is 14.9 Å². The Kier molecular flexibility index (Phi) is 3.93. The number of benzene rings is 1. The second-order valence-corrected chi connectivity index (χ2v) is 4.29. The van der Waals surface area contributed by atoms with Crippen LogP contribution in [0.5, 0.6) is 0 Å². The zero-order valence-corrected chi connectivity index (χ0v) is 9.25. The molecule has 0 bridgehead atoms. The molecule has 3 heteroatoms. The molecule has 1 aliphatic rings. The summed E-state index contributed by atoms with van der Waals surface area (Å²) in [4.78, 5) is 0. The number of rotatable bonds is 3. The van der Waals surface area contributed by atoms with Crippen molar-refractivity contribution in [3.8, 4) is 0 Å². The van der Waals surface area contributed by atoms with E-state index in [9.17, 15) is 5.11 Å². The number of aliphatic hydroxyl groups excluding tert-OH is 2. The van der Waals surface area contributed by atoms with Crippen molar-refractivity contribution in [2.24, 2.45) is 0 Å². The van der Waals surface area contributed by atoms with E-state index in [0.29, 0.717) is 19.3 Å². The topological polar surface area (TPSA) is 49.7 Å². The van der Waals surface area contributed by atoms with Crippen LogP contribution in [0.3, 0.4) is 0 Å². The lowest BCUT2D eigenvalue weighted by atomic mass is 9.95. The standard InChI is InChI=1S/C13H18O3/c14-7-6-12-8-11(15)9-13(16-12)10-4-2-1-3-5-10/h1-5,11-15H,6-9H2/t11-,12+,13-/m0/s1. The van der Waals surface area contributed by atoms with Crippen LogP contribution >= 0.6 is 0 Å². The average Bonchev–Trinajstić information content (AvgIpc) is 2.30. The fourth-order valence-corrected chi connectivity index (χ4v) is 2.20. The molecule has 3 nitrogen and oxygen atoms in total. The summed E-state index contributed by atoms with van der Waals surface area (Å²) < 4.78 is 5.86. The highest BCUT2D eigenvalue weighted by molar-refractivity contribution is 5.18. The minimum Gasteiger partial charge on any atom is -0.396 e. The van der Waals surface area contributed by atoms with Crippen LogP contribution in [-0.4, -0.2) is 29.0 Å². The molecule has 16 heavy (non-hydrogen) atoms. The van der Waals surface area contributed by atoms with E-state index in [0.717, 1.165) is 5.56 Å². The van der Waals surface area contributed by atoms with Crippen LogP contribution in [0.4, 0.5) is 0 Å². The Morgan fingerprint density at radius 3 is 2.62 bits per heavy atom. The Labute approximate surface area is 95.7 Å². The predicted octanol–water partition coefficient (Wildman–Crippen LogP) is 1.65. The van der Waals surface area contributed by atoms with E-state index in [1.807, 2.05) is 30.3 Å². The van der Waals surface area contributed by atoms with Crippen molar-refractivity contribution in [3.05, 3.63) is 35.9 Å². The van der Waals surface area contributed by atoms with Gasteiger partial charge < -0.3 is 14.9 Å². The van der Waals surface area contributed by atoms with Crippen molar-refractivity contribution in [2.45, 2.75) is 37.6 Å². The molecule has 0 amide bonds. The van der Waals surface area contributed by atoms with Crippen LogP contribution in [0.1, 0.15) is 30.9 Å². The van der Waals surface area contributed by atoms with Gasteiger partial charge in [0.15, 0.2) is 0 Å². The summed E-state index contributed by atoms with van der Waals surface area (Å²) in [6, 6.07) is 9.94. The van der Waals surface area contributed by atoms with Crippen LogP contribution in [0, 0.1) is 0 Å². The van der Waals surface area contributed by atoms with Crippen LogP contribution in [-0.2, 0) is 4.74 Å². The first-order valence-corrected chi connectivity index (χ1v) is 5.79. The normalized spacial score (nSPS) is 30.2. The molecule has 1 heterocycles. The highest BCUT2D eigenvalue weighted by Gasteiger charge is 2.28. The summed E-state index contributed by atoms with van der Waals surface area (Å²) in [6.07, 6.45) is 1.48. The number of hydrogen-bond donors (Lipinski definition) is 2. The van der Waals surface area contributed by atoms with Gasteiger partial charge in [-0.25, -0.2) is 0 Å². The van der Waals surface area contributed by atoms with Crippen molar-refractivity contribution in [2.75, 3.05) is 6.61 Å². The SMILES string of the molecule is OCC[C@@H]1C[C@H](O)C[C@@H](c2ccccc2)O1. The fourth-order valence-electron chi connectivity index (χ4n) is 2.20. The quantitative estimate of drug-likeness (QED) is 0.817. The van der Waals surface area contributed by atoms with E-state index < -0.39 is 0 Å².